The lowest BCUT2D eigenvalue weighted by atomic mass is 10.0. The van der Waals surface area contributed by atoms with Gasteiger partial charge in [-0.05, 0) is 24.5 Å². The van der Waals surface area contributed by atoms with Crippen molar-refractivity contribution < 1.29 is 24.3 Å². The molecule has 3 unspecified atom stereocenters. The van der Waals surface area contributed by atoms with Crippen molar-refractivity contribution >= 4 is 53.2 Å². The number of carboxylic acid groups (broad SMARTS) is 1. The number of nitrogens with two attached hydrogens (primary N) is 3. The molecule has 3 amide bonds. The molecule has 0 aliphatic heterocycles. The molecule has 0 bridgehead atoms. The average Bonchev–Trinajstić information content (AvgIpc) is 3.25. The standard InChI is InChI=1S/C22H32N8O5S/c23-14(11-36)19(32)28-10-18(31)29-16(6-3-7-26-22(24)25)20(33)30-17(21(34)35)8-12-9-27-15-5-2-1-4-13(12)15/h1-2,4-5,9,14,16-17,27,36H,3,6-8,10-11,23H2,(H,28,32)(H,29,31)(H,30,33)(H,34,35)(H4,24,25,26). The van der Waals surface area contributed by atoms with Crippen molar-refractivity contribution in [3.05, 3.63) is 36.0 Å². The van der Waals surface area contributed by atoms with Crippen LogP contribution in [0, 0.1) is 0 Å². The van der Waals surface area contributed by atoms with Crippen LogP contribution in [0.5, 0.6) is 0 Å². The Labute approximate surface area is 213 Å². The second-order valence-electron chi connectivity index (χ2n) is 8.04. The van der Waals surface area contributed by atoms with Crippen molar-refractivity contribution in [1.29, 1.82) is 0 Å². The van der Waals surface area contributed by atoms with Crippen molar-refractivity contribution in [2.45, 2.75) is 37.4 Å². The second kappa shape index (κ2) is 13.9. The number of fused-ring (bicyclic) bond motifs is 1. The largest absolute Gasteiger partial charge is 0.480 e. The quantitative estimate of drug-likeness (QED) is 0.0595. The number of thiol groups is 1. The molecule has 2 rings (SSSR count). The van der Waals surface area contributed by atoms with Crippen molar-refractivity contribution in [2.24, 2.45) is 22.2 Å². The highest BCUT2D eigenvalue weighted by Gasteiger charge is 2.27. The third-order valence-corrected chi connectivity index (χ3v) is 5.66. The van der Waals surface area contributed by atoms with E-state index in [2.05, 4.69) is 38.6 Å². The molecule has 196 valence electrons. The summed E-state index contributed by atoms with van der Waals surface area (Å²) in [5.74, 6) is -3.17. The van der Waals surface area contributed by atoms with Gasteiger partial charge in [-0.25, -0.2) is 4.79 Å². The number of nitrogens with zero attached hydrogens (tertiary/aromatic N) is 1. The summed E-state index contributed by atoms with van der Waals surface area (Å²) in [7, 11) is 0. The first-order valence-corrected chi connectivity index (χ1v) is 11.8. The van der Waals surface area contributed by atoms with Gasteiger partial charge in [-0.15, -0.1) is 0 Å². The summed E-state index contributed by atoms with van der Waals surface area (Å²) < 4.78 is 0. The highest BCUT2D eigenvalue weighted by atomic mass is 32.1. The monoisotopic (exact) mass is 520 g/mol. The highest BCUT2D eigenvalue weighted by Crippen LogP contribution is 2.19. The number of aromatic nitrogens is 1. The minimum atomic E-state index is -1.25. The predicted octanol–water partition coefficient (Wildman–Crippen LogP) is -1.81. The smallest absolute Gasteiger partial charge is 0.326 e. The van der Waals surface area contributed by atoms with E-state index >= 15 is 0 Å². The summed E-state index contributed by atoms with van der Waals surface area (Å²) in [6.07, 6.45) is 2.17. The Morgan fingerprint density at radius 1 is 1.08 bits per heavy atom. The summed E-state index contributed by atoms with van der Waals surface area (Å²) in [5.41, 5.74) is 17.7. The van der Waals surface area contributed by atoms with Crippen molar-refractivity contribution in [3.63, 3.8) is 0 Å². The molecule has 0 aliphatic rings. The first-order chi connectivity index (χ1) is 17.1. The fraction of sp³-hybridized carbons (Fsp3) is 0.409. The normalized spacial score (nSPS) is 13.3. The van der Waals surface area contributed by atoms with E-state index in [-0.39, 0.29) is 31.1 Å². The van der Waals surface area contributed by atoms with Crippen molar-refractivity contribution in [2.75, 3.05) is 18.8 Å². The lowest BCUT2D eigenvalue weighted by molar-refractivity contribution is -0.142. The number of aliphatic carboxylic acids is 1. The first-order valence-electron chi connectivity index (χ1n) is 11.2. The van der Waals surface area contributed by atoms with Gasteiger partial charge in [-0.2, -0.15) is 12.6 Å². The van der Waals surface area contributed by atoms with E-state index in [0.717, 1.165) is 16.5 Å². The summed E-state index contributed by atoms with van der Waals surface area (Å²) in [4.78, 5) is 56.0. The van der Waals surface area contributed by atoms with Gasteiger partial charge in [0.2, 0.25) is 17.7 Å². The summed E-state index contributed by atoms with van der Waals surface area (Å²) >= 11 is 3.93. The van der Waals surface area contributed by atoms with Crippen LogP contribution in [0.25, 0.3) is 10.9 Å². The van der Waals surface area contributed by atoms with Crippen LogP contribution in [-0.4, -0.2) is 76.7 Å². The topological polar surface area (TPSA) is 231 Å². The van der Waals surface area contributed by atoms with Gasteiger partial charge in [0.1, 0.15) is 12.1 Å². The summed E-state index contributed by atoms with van der Waals surface area (Å²) in [5, 5.41) is 17.9. The third-order valence-electron chi connectivity index (χ3n) is 5.27. The zero-order valence-corrected chi connectivity index (χ0v) is 20.5. The zero-order valence-electron chi connectivity index (χ0n) is 19.6. The fourth-order valence-electron chi connectivity index (χ4n) is 3.39. The molecule has 1 heterocycles. The van der Waals surface area contributed by atoms with E-state index in [1.807, 2.05) is 24.3 Å². The number of rotatable bonds is 14. The van der Waals surface area contributed by atoms with Crippen LogP contribution < -0.4 is 33.2 Å². The van der Waals surface area contributed by atoms with E-state index in [1.165, 1.54) is 0 Å². The van der Waals surface area contributed by atoms with Gasteiger partial charge in [-0.1, -0.05) is 18.2 Å². The zero-order chi connectivity index (χ0) is 26.7. The van der Waals surface area contributed by atoms with E-state index in [9.17, 15) is 24.3 Å². The molecule has 36 heavy (non-hydrogen) atoms. The van der Waals surface area contributed by atoms with Gasteiger partial charge in [0.25, 0.3) is 0 Å². The van der Waals surface area contributed by atoms with Gasteiger partial charge in [0.15, 0.2) is 5.96 Å². The molecule has 14 heteroatoms. The SMILES string of the molecule is NC(N)=NCCCC(NC(=O)CNC(=O)C(N)CS)C(=O)NC(Cc1c[nH]c2ccccc12)C(=O)O. The Morgan fingerprint density at radius 3 is 2.47 bits per heavy atom. The number of carboxylic acids is 1. The highest BCUT2D eigenvalue weighted by molar-refractivity contribution is 7.80. The number of guanidine groups is 1. The molecule has 0 saturated heterocycles. The number of aromatic amines is 1. The van der Waals surface area contributed by atoms with Crippen molar-refractivity contribution in [3.8, 4) is 0 Å². The molecule has 11 N–H and O–H groups in total. The number of para-hydroxylation sites is 1. The van der Waals surface area contributed by atoms with E-state index in [0.29, 0.717) is 6.42 Å². The number of nitrogens with one attached hydrogen (secondary N) is 4. The number of aliphatic imine (C=N–C) groups is 1. The van der Waals surface area contributed by atoms with Crippen LogP contribution in [0.15, 0.2) is 35.5 Å². The lowest BCUT2D eigenvalue weighted by Crippen LogP contribution is -2.54. The molecule has 0 spiro atoms. The average molecular weight is 521 g/mol. The molecule has 0 radical (unpaired) electrons. The molecule has 13 nitrogen and oxygen atoms in total. The fourth-order valence-corrected chi connectivity index (χ4v) is 3.56. The minimum absolute atomic E-state index is 0.0252. The Hall–Kier alpha value is -3.78. The van der Waals surface area contributed by atoms with Crippen LogP contribution in [0.2, 0.25) is 0 Å². The Morgan fingerprint density at radius 2 is 1.81 bits per heavy atom. The van der Waals surface area contributed by atoms with E-state index < -0.39 is 48.4 Å². The minimum Gasteiger partial charge on any atom is -0.480 e. The van der Waals surface area contributed by atoms with Gasteiger partial charge in [0.05, 0.1) is 12.6 Å². The molecular weight excluding hydrogens is 488 g/mol. The maximum Gasteiger partial charge on any atom is 0.326 e. The number of hydrogen-bond acceptors (Lipinski definition) is 7. The van der Waals surface area contributed by atoms with Gasteiger partial charge in [0, 0.05) is 35.8 Å². The maximum absolute atomic E-state index is 13.0. The van der Waals surface area contributed by atoms with Crippen LogP contribution in [0.3, 0.4) is 0 Å². The molecule has 0 aliphatic carbocycles. The van der Waals surface area contributed by atoms with Gasteiger partial charge in [-0.3, -0.25) is 19.4 Å². The number of hydrogen-bond donors (Lipinski definition) is 9. The van der Waals surface area contributed by atoms with Gasteiger partial charge < -0.3 is 43.2 Å². The van der Waals surface area contributed by atoms with E-state index in [1.54, 1.807) is 6.20 Å². The van der Waals surface area contributed by atoms with Crippen LogP contribution in [0.1, 0.15) is 18.4 Å². The summed E-state index contributed by atoms with van der Waals surface area (Å²) in [6.45, 7) is -0.219. The molecule has 2 aromatic rings. The Bertz CT molecular complexity index is 1100. The molecule has 3 atom stereocenters. The van der Waals surface area contributed by atoms with Crippen LogP contribution >= 0.6 is 12.6 Å². The van der Waals surface area contributed by atoms with E-state index in [4.69, 9.17) is 17.2 Å². The van der Waals surface area contributed by atoms with Crippen LogP contribution in [0.4, 0.5) is 0 Å². The number of carbonyl (C=O) groups is 4. The summed E-state index contributed by atoms with van der Waals surface area (Å²) in [6, 6.07) is 4.16. The number of amides is 3. The predicted molar refractivity (Wildman–Crippen MR) is 138 cm³/mol. The van der Waals surface area contributed by atoms with Gasteiger partial charge >= 0.3 is 5.97 Å². The second-order valence-corrected chi connectivity index (χ2v) is 8.40. The number of carbonyl (C=O) groups excluding carboxylic acids is 3. The lowest BCUT2D eigenvalue weighted by Gasteiger charge is -2.21. The third kappa shape index (κ3) is 8.78. The molecule has 0 fully saturated rings. The maximum atomic E-state index is 13.0. The number of benzene rings is 1. The molecule has 1 aromatic heterocycles. The Kier molecular flexibility index (Phi) is 11.0. The van der Waals surface area contributed by atoms with Crippen LogP contribution in [-0.2, 0) is 25.6 Å². The van der Waals surface area contributed by atoms with Crippen molar-refractivity contribution in [1.82, 2.24) is 20.9 Å². The first kappa shape index (κ1) is 28.5. The Balaban J connectivity index is 2.08. The molecule has 1 aromatic carbocycles. The molecular formula is C22H32N8O5S. The molecule has 0 saturated carbocycles. The number of H-pyrrole nitrogens is 1.